The normalized spacial score (nSPS) is 19.7. The summed E-state index contributed by atoms with van der Waals surface area (Å²) in [5.41, 5.74) is 1.32. The van der Waals surface area contributed by atoms with Crippen molar-refractivity contribution >= 4 is 0 Å². The van der Waals surface area contributed by atoms with E-state index in [2.05, 4.69) is 24.4 Å². The van der Waals surface area contributed by atoms with Gasteiger partial charge < -0.3 is 19.5 Å². The van der Waals surface area contributed by atoms with Crippen LogP contribution in [0.2, 0.25) is 0 Å². The highest BCUT2D eigenvalue weighted by molar-refractivity contribution is 5.44. The lowest BCUT2D eigenvalue weighted by molar-refractivity contribution is 0.0655. The Hall–Kier alpha value is -1.26. The van der Waals surface area contributed by atoms with Gasteiger partial charge in [-0.25, -0.2) is 0 Å². The maximum absolute atomic E-state index is 5.42. The minimum absolute atomic E-state index is 0.349. The van der Waals surface area contributed by atoms with Crippen LogP contribution in [0.25, 0.3) is 0 Å². The molecule has 4 heteroatoms. The second-order valence-corrected chi connectivity index (χ2v) is 6.09. The van der Waals surface area contributed by atoms with E-state index in [0.717, 1.165) is 50.0 Å². The molecule has 1 fully saturated rings. The van der Waals surface area contributed by atoms with Gasteiger partial charge in [0.15, 0.2) is 11.5 Å². The molecule has 2 aliphatic heterocycles. The Morgan fingerprint density at radius 2 is 2.00 bits per heavy atom. The third-order valence-corrected chi connectivity index (χ3v) is 4.40. The Balaban J connectivity index is 1.40. The average Bonchev–Trinajstić information content (AvgIpc) is 2.99. The molecule has 0 amide bonds. The van der Waals surface area contributed by atoms with Crippen LogP contribution in [0.1, 0.15) is 31.7 Å². The Kier molecular flexibility index (Phi) is 4.99. The quantitative estimate of drug-likeness (QED) is 0.875. The van der Waals surface area contributed by atoms with Crippen molar-refractivity contribution in [2.75, 3.05) is 26.6 Å². The van der Waals surface area contributed by atoms with Crippen LogP contribution in [-0.4, -0.2) is 32.6 Å². The molecule has 0 aliphatic carbocycles. The van der Waals surface area contributed by atoms with Crippen molar-refractivity contribution in [3.05, 3.63) is 23.8 Å². The molecule has 0 spiro atoms. The molecular weight excluding hydrogens is 266 g/mol. The number of benzene rings is 1. The van der Waals surface area contributed by atoms with Crippen LogP contribution in [0.5, 0.6) is 11.5 Å². The lowest BCUT2D eigenvalue weighted by atomic mass is 9.99. The monoisotopic (exact) mass is 291 g/mol. The van der Waals surface area contributed by atoms with Gasteiger partial charge in [-0.1, -0.05) is 6.07 Å². The first kappa shape index (κ1) is 14.7. The van der Waals surface area contributed by atoms with Crippen LogP contribution in [0.15, 0.2) is 18.2 Å². The summed E-state index contributed by atoms with van der Waals surface area (Å²) < 4.78 is 16.2. The van der Waals surface area contributed by atoms with Gasteiger partial charge in [0.2, 0.25) is 6.79 Å². The van der Waals surface area contributed by atoms with E-state index in [-0.39, 0.29) is 0 Å². The Bertz CT molecular complexity index is 457. The average molecular weight is 291 g/mol. The van der Waals surface area contributed by atoms with Crippen molar-refractivity contribution in [3.8, 4) is 11.5 Å². The number of nitrogens with one attached hydrogen (secondary N) is 1. The maximum Gasteiger partial charge on any atom is 0.231 e. The zero-order valence-corrected chi connectivity index (χ0v) is 12.8. The summed E-state index contributed by atoms with van der Waals surface area (Å²) in [5.74, 6) is 2.53. The minimum Gasteiger partial charge on any atom is -0.454 e. The number of hydrogen-bond acceptors (Lipinski definition) is 4. The molecule has 2 aliphatic rings. The molecule has 1 unspecified atom stereocenters. The third-order valence-electron chi connectivity index (χ3n) is 4.40. The highest BCUT2D eigenvalue weighted by atomic mass is 16.7. The number of hydrogen-bond donors (Lipinski definition) is 1. The van der Waals surface area contributed by atoms with E-state index in [0.29, 0.717) is 12.8 Å². The molecule has 0 radical (unpaired) electrons. The van der Waals surface area contributed by atoms with E-state index < -0.39 is 0 Å². The van der Waals surface area contributed by atoms with Crippen molar-refractivity contribution in [3.63, 3.8) is 0 Å². The fraction of sp³-hybridized carbons (Fsp3) is 0.647. The van der Waals surface area contributed by atoms with E-state index in [4.69, 9.17) is 14.2 Å². The largest absolute Gasteiger partial charge is 0.454 e. The molecule has 1 saturated heterocycles. The van der Waals surface area contributed by atoms with Gasteiger partial charge in [-0.2, -0.15) is 0 Å². The van der Waals surface area contributed by atoms with E-state index >= 15 is 0 Å². The molecule has 0 aromatic heterocycles. The van der Waals surface area contributed by atoms with Gasteiger partial charge in [0.25, 0.3) is 0 Å². The second kappa shape index (κ2) is 7.14. The van der Waals surface area contributed by atoms with Crippen LogP contribution in [-0.2, 0) is 11.2 Å². The topological polar surface area (TPSA) is 39.7 Å². The number of rotatable bonds is 6. The van der Waals surface area contributed by atoms with Crippen LogP contribution < -0.4 is 14.8 Å². The second-order valence-electron chi connectivity index (χ2n) is 6.09. The maximum atomic E-state index is 5.42. The van der Waals surface area contributed by atoms with E-state index in [1.54, 1.807) is 0 Å². The first-order chi connectivity index (χ1) is 10.3. The molecular formula is C17H25NO3. The standard InChI is InChI=1S/C17H25NO3/c1-13(18-11-15-6-8-19-9-7-15)2-3-14-4-5-16-17(10-14)21-12-20-16/h4-5,10,13,15,18H,2-3,6-9,11-12H2,1H3. The van der Waals surface area contributed by atoms with Crippen molar-refractivity contribution < 1.29 is 14.2 Å². The van der Waals surface area contributed by atoms with Gasteiger partial charge >= 0.3 is 0 Å². The summed E-state index contributed by atoms with van der Waals surface area (Å²) in [4.78, 5) is 0. The van der Waals surface area contributed by atoms with Gasteiger partial charge in [0, 0.05) is 19.3 Å². The van der Waals surface area contributed by atoms with E-state index in [1.165, 1.54) is 18.4 Å². The van der Waals surface area contributed by atoms with Crippen molar-refractivity contribution in [2.45, 2.75) is 38.6 Å². The van der Waals surface area contributed by atoms with Gasteiger partial charge in [-0.3, -0.25) is 0 Å². The zero-order valence-electron chi connectivity index (χ0n) is 12.8. The van der Waals surface area contributed by atoms with Crippen molar-refractivity contribution in [2.24, 2.45) is 5.92 Å². The van der Waals surface area contributed by atoms with Crippen LogP contribution in [0.4, 0.5) is 0 Å². The SMILES string of the molecule is CC(CCc1ccc2c(c1)OCO2)NCC1CCOCC1. The Morgan fingerprint density at radius 3 is 2.86 bits per heavy atom. The first-order valence-corrected chi connectivity index (χ1v) is 8.01. The molecule has 1 atom stereocenters. The summed E-state index contributed by atoms with van der Waals surface area (Å²) in [6, 6.07) is 6.79. The van der Waals surface area contributed by atoms with Crippen molar-refractivity contribution in [1.82, 2.24) is 5.32 Å². The van der Waals surface area contributed by atoms with E-state index in [1.807, 2.05) is 6.07 Å². The molecule has 1 N–H and O–H groups in total. The van der Waals surface area contributed by atoms with Crippen LogP contribution in [0, 0.1) is 5.92 Å². The summed E-state index contributed by atoms with van der Waals surface area (Å²) in [7, 11) is 0. The predicted octanol–water partition coefficient (Wildman–Crippen LogP) is 2.75. The highest BCUT2D eigenvalue weighted by Crippen LogP contribution is 2.32. The lowest BCUT2D eigenvalue weighted by Gasteiger charge is -2.24. The Morgan fingerprint density at radius 1 is 1.19 bits per heavy atom. The summed E-state index contributed by atoms with van der Waals surface area (Å²) >= 11 is 0. The predicted molar refractivity (Wildman–Crippen MR) is 81.9 cm³/mol. The number of aryl methyl sites for hydroxylation is 1. The fourth-order valence-electron chi connectivity index (χ4n) is 2.90. The number of ether oxygens (including phenoxy) is 3. The Labute approximate surface area is 126 Å². The summed E-state index contributed by atoms with van der Waals surface area (Å²) in [6.45, 7) is 5.59. The molecule has 21 heavy (non-hydrogen) atoms. The van der Waals surface area contributed by atoms with Crippen LogP contribution >= 0.6 is 0 Å². The zero-order chi connectivity index (χ0) is 14.5. The van der Waals surface area contributed by atoms with Gasteiger partial charge in [-0.05, 0) is 62.8 Å². The van der Waals surface area contributed by atoms with Gasteiger partial charge in [-0.15, -0.1) is 0 Å². The van der Waals surface area contributed by atoms with Crippen molar-refractivity contribution in [1.29, 1.82) is 0 Å². The molecule has 3 rings (SSSR count). The molecule has 1 aromatic rings. The molecule has 1 aromatic carbocycles. The smallest absolute Gasteiger partial charge is 0.231 e. The molecule has 0 bridgehead atoms. The summed E-state index contributed by atoms with van der Waals surface area (Å²) in [6.07, 6.45) is 4.60. The van der Waals surface area contributed by atoms with Gasteiger partial charge in [0.05, 0.1) is 0 Å². The molecule has 2 heterocycles. The fourth-order valence-corrected chi connectivity index (χ4v) is 2.90. The third kappa shape index (κ3) is 4.11. The lowest BCUT2D eigenvalue weighted by Crippen LogP contribution is -2.33. The molecule has 4 nitrogen and oxygen atoms in total. The number of fused-ring (bicyclic) bond motifs is 1. The van der Waals surface area contributed by atoms with E-state index in [9.17, 15) is 0 Å². The van der Waals surface area contributed by atoms with Gasteiger partial charge in [0.1, 0.15) is 0 Å². The summed E-state index contributed by atoms with van der Waals surface area (Å²) in [5, 5.41) is 3.66. The molecule has 0 saturated carbocycles. The highest BCUT2D eigenvalue weighted by Gasteiger charge is 2.15. The van der Waals surface area contributed by atoms with Crippen LogP contribution in [0.3, 0.4) is 0 Å². The minimum atomic E-state index is 0.349. The molecule has 116 valence electrons. The first-order valence-electron chi connectivity index (χ1n) is 8.01.